The minimum atomic E-state index is 0. The quantitative estimate of drug-likeness (QED) is 0.323. The van der Waals surface area contributed by atoms with Crippen LogP contribution in [0.5, 0.6) is 0 Å². The van der Waals surface area contributed by atoms with Crippen molar-refractivity contribution >= 4 is 104 Å². The smallest absolute Gasteiger partial charge is 0.0228 e. The molecule has 1 aliphatic carbocycles. The van der Waals surface area contributed by atoms with Crippen LogP contribution in [0.3, 0.4) is 0 Å². The van der Waals surface area contributed by atoms with E-state index in [1.807, 2.05) is 13.8 Å². The number of hydrogen-bond acceptors (Lipinski definition) is 1. The topological polar surface area (TPSA) is 12.0 Å². The number of fused-ring (bicyclic) bond motifs is 2. The van der Waals surface area contributed by atoms with Crippen molar-refractivity contribution in [3.05, 3.63) is 41.0 Å². The molecule has 1 aliphatic heterocycles. The van der Waals surface area contributed by atoms with Crippen LogP contribution in [0.15, 0.2) is 29.8 Å². The van der Waals surface area contributed by atoms with Crippen molar-refractivity contribution in [2.75, 3.05) is 13.1 Å². The van der Waals surface area contributed by atoms with Crippen LogP contribution in [0.4, 0.5) is 0 Å². The van der Waals surface area contributed by atoms with Crippen molar-refractivity contribution in [1.82, 2.24) is 5.32 Å². The van der Waals surface area contributed by atoms with E-state index in [1.54, 1.807) is 18.1 Å². The minimum Gasteiger partial charge on any atom is -0.312 e. The fourth-order valence-corrected chi connectivity index (χ4v) is 2.41. The Hall–Kier alpha value is 3.30. The molecule has 0 radical (unpaired) electrons. The monoisotopic (exact) mass is 1010 g/mol. The predicted octanol–water partition coefficient (Wildman–Crippen LogP) is 5.84. The van der Waals surface area contributed by atoms with Gasteiger partial charge in [0.25, 0.3) is 0 Å². The van der Waals surface area contributed by atoms with Gasteiger partial charge in [-0.05, 0) is 36.1 Å². The summed E-state index contributed by atoms with van der Waals surface area (Å²) < 4.78 is 6.21. The van der Waals surface area contributed by atoms with Crippen LogP contribution in [-0.2, 0) is 6.42 Å². The molecule has 0 amide bonds. The van der Waals surface area contributed by atoms with E-state index in [0.717, 1.165) is 13.1 Å². The number of rotatable bonds is 0. The molecule has 0 saturated carbocycles. The number of hydrogen-bond donors (Lipinski definition) is 1. The van der Waals surface area contributed by atoms with E-state index in [1.165, 1.54) is 24.0 Å². The van der Waals surface area contributed by atoms with E-state index in [2.05, 4.69) is 104 Å². The van der Waals surface area contributed by atoms with Gasteiger partial charge >= 0.3 is 50.5 Å². The summed E-state index contributed by atoms with van der Waals surface area (Å²) in [7, 11) is 0. The van der Waals surface area contributed by atoms with E-state index in [4.69, 9.17) is 1.37 Å². The first-order valence-electron chi connectivity index (χ1n) is 7.79. The van der Waals surface area contributed by atoms with Crippen molar-refractivity contribution < 1.29 is 14.6 Å². The average molecular weight is 1010 g/mol. The molecule has 3 rings (SSSR count). The first kappa shape index (κ1) is 32.0. The largest absolute Gasteiger partial charge is 0.312 e. The molecule has 2 aliphatic rings. The maximum atomic E-state index is 6.21. The van der Waals surface area contributed by atoms with Gasteiger partial charge in [-0.15, -0.1) is 24.0 Å². The number of halogens is 6. The summed E-state index contributed by atoms with van der Waals surface area (Å²) in [5.74, 6) is 0. The van der Waals surface area contributed by atoms with Gasteiger partial charge < -0.3 is 5.32 Å². The standard InChI is InChI=1S/C12H13N.2C2H6.CH4.I3.I2.HI/c1-2-4-11-9(3-1)7-10-5-6-13-8-12(10)11;2*1-2;;1-3-2;1-2;/h1-4,13H,5-8H2;2*1-2H3;1H4;;;1H/q;;;;-1;;/i;1D;;;;;. The predicted molar refractivity (Wildman–Crippen MR) is 155 cm³/mol. The fourth-order valence-electron chi connectivity index (χ4n) is 2.41. The molecule has 1 aromatic rings. The molecule has 0 atom stereocenters. The molecule has 0 bridgehead atoms. The Kier molecular flexibility index (Phi) is 35.0. The zero-order valence-corrected chi connectivity index (χ0v) is 26.8. The fraction of sp³-hybridized carbons (Fsp3) is 0.529. The van der Waals surface area contributed by atoms with Gasteiger partial charge in [-0.25, -0.2) is 0 Å². The molecular weight excluding hydrogens is 980 g/mol. The van der Waals surface area contributed by atoms with Gasteiger partial charge in [-0.2, -0.15) is 0 Å². The summed E-state index contributed by atoms with van der Waals surface area (Å²) in [5, 5.41) is 3.44. The van der Waals surface area contributed by atoms with Crippen molar-refractivity contribution in [3.8, 4) is 0 Å². The Balaban J connectivity index is -0.000000159. The van der Waals surface area contributed by atoms with Gasteiger partial charge in [0, 0.05) is 45.1 Å². The zero-order chi connectivity index (χ0) is 18.1. The third-order valence-corrected chi connectivity index (χ3v) is 3.08. The summed E-state index contributed by atoms with van der Waals surface area (Å²) in [6.45, 7) is 8.53. The van der Waals surface area contributed by atoms with Crippen molar-refractivity contribution in [1.29, 1.82) is 0 Å². The molecule has 0 saturated heterocycles. The Morgan fingerprint density at radius 1 is 1.12 bits per heavy atom. The molecule has 1 nitrogen and oxygen atoms in total. The Morgan fingerprint density at radius 3 is 2.17 bits per heavy atom. The summed E-state index contributed by atoms with van der Waals surface area (Å²) >= 11 is 9.54. The molecule has 1 aromatic carbocycles. The molecule has 146 valence electrons. The summed E-state index contributed by atoms with van der Waals surface area (Å²) in [5.41, 5.74) is 6.25. The number of nitrogens with one attached hydrogen (secondary N) is 1. The molecule has 0 fully saturated rings. The van der Waals surface area contributed by atoms with Crippen molar-refractivity contribution in [2.24, 2.45) is 0 Å². The molecule has 0 aromatic heterocycles. The molecule has 0 unspecified atom stereocenters. The van der Waals surface area contributed by atoms with Gasteiger partial charge in [0.15, 0.2) is 0 Å². The molecule has 7 heteroatoms. The SMILES string of the molecule is C.CC.I.II.I[I-]I.[2H]CC.c1ccc2c(c1)CC1=C2CNCC1. The van der Waals surface area contributed by atoms with Crippen LogP contribution in [0, 0.1) is 0 Å². The molecule has 1 N–H and O–H groups in total. The second kappa shape index (κ2) is 26.3. The maximum absolute atomic E-state index is 6.21. The van der Waals surface area contributed by atoms with Gasteiger partial charge in [0.1, 0.15) is 0 Å². The van der Waals surface area contributed by atoms with E-state index < -0.39 is 0 Å². The Labute approximate surface area is 221 Å². The summed E-state index contributed by atoms with van der Waals surface area (Å²) in [6.07, 6.45) is 2.44. The van der Waals surface area contributed by atoms with Gasteiger partial charge in [0.05, 0.1) is 0 Å². The number of benzene rings is 1. The average Bonchev–Trinajstić information content (AvgIpc) is 2.99. The van der Waals surface area contributed by atoms with Crippen LogP contribution in [0.2, 0.25) is 0 Å². The van der Waals surface area contributed by atoms with Crippen molar-refractivity contribution in [2.45, 2.75) is 47.9 Å². The zero-order valence-electron chi connectivity index (χ0n) is 14.6. The Morgan fingerprint density at radius 2 is 1.62 bits per heavy atom. The second-order valence-corrected chi connectivity index (χ2v) is 20.1. The summed E-state index contributed by atoms with van der Waals surface area (Å²) in [4.78, 5) is 0. The molecule has 24 heavy (non-hydrogen) atoms. The summed E-state index contributed by atoms with van der Waals surface area (Å²) in [6, 6.07) is 8.80. The molecule has 0 spiro atoms. The normalized spacial score (nSPS) is 13.0. The second-order valence-electron chi connectivity index (χ2n) is 3.90. The van der Waals surface area contributed by atoms with Crippen LogP contribution < -0.4 is 18.6 Å². The molecule has 1 heterocycles. The minimum absolute atomic E-state index is 0. The third kappa shape index (κ3) is 13.5. The van der Waals surface area contributed by atoms with Gasteiger partial charge in [-0.3, -0.25) is 0 Å². The maximum Gasteiger partial charge on any atom is 0.0228 e. The van der Waals surface area contributed by atoms with Gasteiger partial charge in [-0.1, -0.05) is 64.9 Å². The third-order valence-electron chi connectivity index (χ3n) is 3.08. The first-order valence-corrected chi connectivity index (χ1v) is 25.9. The van der Waals surface area contributed by atoms with Gasteiger partial charge in [0.2, 0.25) is 0 Å². The van der Waals surface area contributed by atoms with Crippen LogP contribution in [0.1, 0.15) is 54.0 Å². The van der Waals surface area contributed by atoms with Crippen LogP contribution in [-0.4, -0.2) is 13.1 Å². The van der Waals surface area contributed by atoms with Crippen molar-refractivity contribution in [3.63, 3.8) is 0 Å². The van der Waals surface area contributed by atoms with E-state index in [9.17, 15) is 0 Å². The van der Waals surface area contributed by atoms with E-state index in [-0.39, 0.29) is 31.4 Å². The molecular formula is C17H30I6N-. The van der Waals surface area contributed by atoms with Crippen LogP contribution >= 0.6 is 98.4 Å². The Bertz CT molecular complexity index is 427. The van der Waals surface area contributed by atoms with E-state index >= 15 is 0 Å². The van der Waals surface area contributed by atoms with E-state index in [0.29, 0.717) is 20.2 Å². The first-order chi connectivity index (χ1) is 11.3. The van der Waals surface area contributed by atoms with Crippen LogP contribution in [0.25, 0.3) is 5.57 Å².